The van der Waals surface area contributed by atoms with E-state index in [9.17, 15) is 9.59 Å². The van der Waals surface area contributed by atoms with E-state index in [0.717, 1.165) is 17.0 Å². The fourth-order valence-corrected chi connectivity index (χ4v) is 3.61. The first-order valence-corrected chi connectivity index (χ1v) is 9.48. The minimum absolute atomic E-state index is 0.0217. The third-order valence-corrected chi connectivity index (χ3v) is 5.47. The van der Waals surface area contributed by atoms with Crippen LogP contribution in [-0.2, 0) is 16.0 Å². The summed E-state index contributed by atoms with van der Waals surface area (Å²) in [6.45, 7) is 5.71. The molecule has 2 heterocycles. The second-order valence-corrected chi connectivity index (χ2v) is 7.72. The maximum atomic E-state index is 11.9. The van der Waals surface area contributed by atoms with Gasteiger partial charge in [-0.3, -0.25) is 9.59 Å². The van der Waals surface area contributed by atoms with Gasteiger partial charge in [-0.1, -0.05) is 20.8 Å². The van der Waals surface area contributed by atoms with Gasteiger partial charge in [-0.25, -0.2) is 4.98 Å². The molecule has 0 aliphatic heterocycles. The fraction of sp³-hybridized carbons (Fsp3) is 0.438. The van der Waals surface area contributed by atoms with Gasteiger partial charge in [0.1, 0.15) is 0 Å². The zero-order chi connectivity index (χ0) is 17.7. The SMILES string of the molecule is CCc1ccc(-c2csc(NC(=O)CNC(=O)[C@@H](N)C(C)C)n2)s1. The molecule has 2 aromatic heterocycles. The van der Waals surface area contributed by atoms with Gasteiger partial charge >= 0.3 is 0 Å². The van der Waals surface area contributed by atoms with Gasteiger partial charge in [0.25, 0.3) is 0 Å². The largest absolute Gasteiger partial charge is 0.346 e. The Balaban J connectivity index is 1.87. The highest BCUT2D eigenvalue weighted by Gasteiger charge is 2.18. The molecule has 0 aromatic carbocycles. The highest BCUT2D eigenvalue weighted by atomic mass is 32.1. The topological polar surface area (TPSA) is 97.1 Å². The average Bonchev–Trinajstić information content (AvgIpc) is 3.20. The lowest BCUT2D eigenvalue weighted by Crippen LogP contribution is -2.46. The van der Waals surface area contributed by atoms with E-state index in [-0.39, 0.29) is 24.3 Å². The molecular formula is C16H22N4O2S2. The average molecular weight is 367 g/mol. The molecule has 0 saturated carbocycles. The molecule has 2 amide bonds. The second kappa shape index (κ2) is 8.36. The second-order valence-electron chi connectivity index (χ2n) is 5.69. The summed E-state index contributed by atoms with van der Waals surface area (Å²) in [6.07, 6.45) is 0.997. The molecule has 0 spiro atoms. The Kier molecular flexibility index (Phi) is 6.47. The molecule has 0 unspecified atom stereocenters. The molecule has 2 rings (SSSR count). The Morgan fingerprint density at radius 1 is 1.33 bits per heavy atom. The molecule has 24 heavy (non-hydrogen) atoms. The molecule has 0 fully saturated rings. The number of nitrogens with zero attached hydrogens (tertiary/aromatic N) is 1. The number of carbonyl (C=O) groups excluding carboxylic acids is 2. The minimum atomic E-state index is -0.615. The first kappa shape index (κ1) is 18.6. The summed E-state index contributed by atoms with van der Waals surface area (Å²) >= 11 is 3.06. The monoisotopic (exact) mass is 366 g/mol. The summed E-state index contributed by atoms with van der Waals surface area (Å²) in [7, 11) is 0. The van der Waals surface area contributed by atoms with E-state index in [4.69, 9.17) is 5.73 Å². The van der Waals surface area contributed by atoms with Gasteiger partial charge in [-0.2, -0.15) is 0 Å². The van der Waals surface area contributed by atoms with Crippen LogP contribution in [0.25, 0.3) is 10.6 Å². The lowest BCUT2D eigenvalue weighted by molar-refractivity contribution is -0.125. The van der Waals surface area contributed by atoms with E-state index in [1.54, 1.807) is 11.3 Å². The van der Waals surface area contributed by atoms with E-state index in [1.807, 2.05) is 25.3 Å². The summed E-state index contributed by atoms with van der Waals surface area (Å²) in [5, 5.41) is 7.66. The summed E-state index contributed by atoms with van der Waals surface area (Å²) in [6, 6.07) is 3.51. The molecule has 0 aliphatic rings. The van der Waals surface area contributed by atoms with Crippen LogP contribution in [0.5, 0.6) is 0 Å². The van der Waals surface area contributed by atoms with Gasteiger partial charge < -0.3 is 16.4 Å². The number of hydrogen-bond donors (Lipinski definition) is 3. The van der Waals surface area contributed by atoms with Crippen molar-refractivity contribution in [2.45, 2.75) is 33.2 Å². The number of aryl methyl sites for hydroxylation is 1. The third-order valence-electron chi connectivity index (χ3n) is 3.46. The van der Waals surface area contributed by atoms with Crippen LogP contribution in [-0.4, -0.2) is 29.4 Å². The fourth-order valence-electron chi connectivity index (χ4n) is 1.90. The summed E-state index contributed by atoms with van der Waals surface area (Å²) in [4.78, 5) is 30.4. The van der Waals surface area contributed by atoms with Crippen LogP contribution < -0.4 is 16.4 Å². The van der Waals surface area contributed by atoms with Crippen LogP contribution in [0.15, 0.2) is 17.5 Å². The highest BCUT2D eigenvalue weighted by molar-refractivity contribution is 7.17. The van der Waals surface area contributed by atoms with Crippen molar-refractivity contribution in [1.82, 2.24) is 10.3 Å². The van der Waals surface area contributed by atoms with E-state index >= 15 is 0 Å². The Morgan fingerprint density at radius 3 is 2.71 bits per heavy atom. The maximum Gasteiger partial charge on any atom is 0.245 e. The summed E-state index contributed by atoms with van der Waals surface area (Å²) in [5.74, 6) is -0.625. The van der Waals surface area contributed by atoms with Crippen molar-refractivity contribution in [3.8, 4) is 10.6 Å². The lowest BCUT2D eigenvalue weighted by Gasteiger charge is -2.14. The molecule has 0 radical (unpaired) electrons. The first-order valence-electron chi connectivity index (χ1n) is 7.78. The number of anilines is 1. The summed E-state index contributed by atoms with van der Waals surface area (Å²) in [5.41, 5.74) is 6.58. The molecule has 130 valence electrons. The van der Waals surface area contributed by atoms with Crippen molar-refractivity contribution >= 4 is 39.6 Å². The number of carbonyl (C=O) groups is 2. The van der Waals surface area contributed by atoms with Crippen LogP contribution >= 0.6 is 22.7 Å². The van der Waals surface area contributed by atoms with Gasteiger partial charge in [0.15, 0.2) is 5.13 Å². The van der Waals surface area contributed by atoms with Crippen molar-refractivity contribution in [3.63, 3.8) is 0 Å². The molecule has 0 saturated heterocycles. The van der Waals surface area contributed by atoms with Crippen LogP contribution in [0.1, 0.15) is 25.6 Å². The van der Waals surface area contributed by atoms with E-state index < -0.39 is 6.04 Å². The van der Waals surface area contributed by atoms with E-state index in [2.05, 4.69) is 28.6 Å². The number of aromatic nitrogens is 1. The molecular weight excluding hydrogens is 344 g/mol. The predicted molar refractivity (Wildman–Crippen MR) is 99.3 cm³/mol. The standard InChI is InChI=1S/C16H22N4O2S2/c1-4-10-5-6-12(24-10)11-8-23-16(19-11)20-13(21)7-18-15(22)14(17)9(2)3/h5-6,8-9,14H,4,7,17H2,1-3H3,(H,18,22)(H,19,20,21)/t14-/m0/s1. The molecule has 6 nitrogen and oxygen atoms in total. The number of rotatable bonds is 7. The van der Waals surface area contributed by atoms with Crippen molar-refractivity contribution in [2.24, 2.45) is 11.7 Å². The zero-order valence-corrected chi connectivity index (χ0v) is 15.6. The molecule has 8 heteroatoms. The molecule has 0 bridgehead atoms. The number of amides is 2. The van der Waals surface area contributed by atoms with Crippen molar-refractivity contribution in [1.29, 1.82) is 0 Å². The molecule has 4 N–H and O–H groups in total. The summed E-state index contributed by atoms with van der Waals surface area (Å²) < 4.78 is 0. The molecule has 0 aliphatic carbocycles. The number of thiophene rings is 1. The highest BCUT2D eigenvalue weighted by Crippen LogP contribution is 2.30. The Hall–Kier alpha value is -1.77. The number of hydrogen-bond acceptors (Lipinski definition) is 6. The van der Waals surface area contributed by atoms with Crippen LogP contribution in [0.2, 0.25) is 0 Å². The molecule has 2 aromatic rings. The first-order chi connectivity index (χ1) is 11.4. The van der Waals surface area contributed by atoms with E-state index in [1.165, 1.54) is 16.2 Å². The van der Waals surface area contributed by atoms with Crippen LogP contribution in [0, 0.1) is 5.92 Å². The Labute approximate surface area is 149 Å². The van der Waals surface area contributed by atoms with Gasteiger partial charge in [0.05, 0.1) is 23.2 Å². The predicted octanol–water partition coefficient (Wildman–Crippen LogP) is 2.47. The van der Waals surface area contributed by atoms with Crippen molar-refractivity contribution < 1.29 is 9.59 Å². The maximum absolute atomic E-state index is 11.9. The minimum Gasteiger partial charge on any atom is -0.346 e. The quantitative estimate of drug-likeness (QED) is 0.701. The number of thiazole rings is 1. The lowest BCUT2D eigenvalue weighted by atomic mass is 10.1. The van der Waals surface area contributed by atoms with E-state index in [0.29, 0.717) is 5.13 Å². The van der Waals surface area contributed by atoms with Gasteiger partial charge in [-0.05, 0) is 24.5 Å². The van der Waals surface area contributed by atoms with Gasteiger partial charge in [0.2, 0.25) is 11.8 Å². The zero-order valence-electron chi connectivity index (χ0n) is 14.0. The molecule has 1 atom stereocenters. The Morgan fingerprint density at radius 2 is 2.08 bits per heavy atom. The van der Waals surface area contributed by atoms with Crippen LogP contribution in [0.3, 0.4) is 0 Å². The third kappa shape index (κ3) is 4.86. The van der Waals surface area contributed by atoms with Crippen molar-refractivity contribution in [3.05, 3.63) is 22.4 Å². The van der Waals surface area contributed by atoms with Gasteiger partial charge in [-0.15, -0.1) is 22.7 Å². The Bertz CT molecular complexity index is 709. The number of nitrogens with one attached hydrogen (secondary N) is 2. The number of nitrogens with two attached hydrogens (primary N) is 1. The van der Waals surface area contributed by atoms with Crippen LogP contribution in [0.4, 0.5) is 5.13 Å². The van der Waals surface area contributed by atoms with Crippen molar-refractivity contribution in [2.75, 3.05) is 11.9 Å². The van der Waals surface area contributed by atoms with Gasteiger partial charge in [0, 0.05) is 10.3 Å². The normalized spacial score (nSPS) is 12.2. The smallest absolute Gasteiger partial charge is 0.245 e.